The van der Waals surface area contributed by atoms with Gasteiger partial charge in [0.25, 0.3) is 0 Å². The number of nitrogens with zero attached hydrogens (tertiary/aromatic N) is 1. The molecule has 0 bridgehead atoms. The molecular weight excluding hydrogens is 146 g/mol. The second kappa shape index (κ2) is 3.88. The predicted molar refractivity (Wildman–Crippen MR) is 39.1 cm³/mol. The van der Waals surface area contributed by atoms with E-state index in [4.69, 9.17) is 9.57 Å². The average Bonchev–Trinajstić information content (AvgIpc) is 2.07. The van der Waals surface area contributed by atoms with Crippen LogP contribution in [-0.2, 0) is 14.4 Å². The number of oxime groups is 1. The van der Waals surface area contributed by atoms with E-state index in [-0.39, 0.29) is 5.71 Å². The van der Waals surface area contributed by atoms with E-state index < -0.39 is 6.29 Å². The van der Waals surface area contributed by atoms with E-state index in [1.54, 1.807) is 12.2 Å². The molecule has 0 amide bonds. The number of aldehydes is 1. The lowest BCUT2D eigenvalue weighted by molar-refractivity contribution is -0.111. The molecule has 1 aliphatic heterocycles. The third kappa shape index (κ3) is 2.16. The summed E-state index contributed by atoms with van der Waals surface area (Å²) < 4.78 is 5.04. The first-order valence-corrected chi connectivity index (χ1v) is 3.35. The van der Waals surface area contributed by atoms with Crippen LogP contribution in [0.4, 0.5) is 0 Å². The van der Waals surface area contributed by atoms with Gasteiger partial charge >= 0.3 is 0 Å². The zero-order chi connectivity index (χ0) is 8.10. The molecule has 1 rings (SSSR count). The lowest BCUT2D eigenvalue weighted by Crippen LogP contribution is -2.17. The normalized spacial score (nSPS) is 22.3. The number of allylic oxidation sites excluding steroid dienone is 1. The molecule has 4 heteroatoms. The van der Waals surface area contributed by atoms with Gasteiger partial charge in [-0.1, -0.05) is 5.16 Å². The summed E-state index contributed by atoms with van der Waals surface area (Å²) in [5.41, 5.74) is 0.279. The molecule has 0 fully saturated rings. The fourth-order valence-corrected chi connectivity index (χ4v) is 0.667. The lowest BCUT2D eigenvalue weighted by atomic mass is 10.3. The van der Waals surface area contributed by atoms with Gasteiger partial charge in [0.2, 0.25) is 6.29 Å². The highest BCUT2D eigenvalue weighted by atomic mass is 16.8. The monoisotopic (exact) mass is 155 g/mol. The fourth-order valence-electron chi connectivity index (χ4n) is 0.667. The zero-order valence-electron chi connectivity index (χ0n) is 6.19. The summed E-state index contributed by atoms with van der Waals surface area (Å²) in [6.07, 6.45) is 3.39. The smallest absolute Gasteiger partial charge is 0.246 e. The van der Waals surface area contributed by atoms with Gasteiger partial charge < -0.3 is 9.57 Å². The molecule has 0 saturated carbocycles. The van der Waals surface area contributed by atoms with Crippen molar-refractivity contribution in [1.29, 1.82) is 0 Å². The van der Waals surface area contributed by atoms with Gasteiger partial charge in [-0.25, -0.2) is 0 Å². The maximum atomic E-state index is 10.1. The summed E-state index contributed by atoms with van der Waals surface area (Å²) in [7, 11) is 0. The van der Waals surface area contributed by atoms with Crippen LogP contribution in [0.1, 0.15) is 6.92 Å². The Balaban J connectivity index is 2.43. The Morgan fingerprint density at radius 1 is 1.91 bits per heavy atom. The number of ether oxygens (including phenoxy) is 1. The molecule has 0 unspecified atom stereocenters. The Kier molecular flexibility index (Phi) is 2.80. The summed E-state index contributed by atoms with van der Waals surface area (Å²) in [6, 6.07) is 0. The van der Waals surface area contributed by atoms with Crippen LogP contribution in [0.3, 0.4) is 0 Å². The molecule has 11 heavy (non-hydrogen) atoms. The Morgan fingerprint density at radius 3 is 3.18 bits per heavy atom. The van der Waals surface area contributed by atoms with Gasteiger partial charge in [-0.05, 0) is 19.1 Å². The Morgan fingerprint density at radius 2 is 2.73 bits per heavy atom. The molecule has 0 aromatic heterocycles. The van der Waals surface area contributed by atoms with Crippen molar-refractivity contribution < 1.29 is 14.4 Å². The number of carbonyl (C=O) groups excluding carboxylic acids is 1. The van der Waals surface area contributed by atoms with Crippen molar-refractivity contribution in [2.24, 2.45) is 5.16 Å². The van der Waals surface area contributed by atoms with Crippen LogP contribution < -0.4 is 0 Å². The molecule has 0 aliphatic carbocycles. The van der Waals surface area contributed by atoms with E-state index in [0.29, 0.717) is 12.9 Å². The maximum Gasteiger partial charge on any atom is 0.246 e. The van der Waals surface area contributed by atoms with E-state index in [0.717, 1.165) is 0 Å². The van der Waals surface area contributed by atoms with Crippen LogP contribution in [-0.4, -0.2) is 24.9 Å². The molecule has 0 radical (unpaired) electrons. The largest absolute Gasteiger partial charge is 0.358 e. The van der Waals surface area contributed by atoms with Crippen LogP contribution in [0.5, 0.6) is 0 Å². The third-order valence-electron chi connectivity index (χ3n) is 1.14. The van der Waals surface area contributed by atoms with E-state index in [1.165, 1.54) is 0 Å². The van der Waals surface area contributed by atoms with Crippen LogP contribution in [0.25, 0.3) is 0 Å². The lowest BCUT2D eigenvalue weighted by Gasteiger charge is -2.13. The summed E-state index contributed by atoms with van der Waals surface area (Å²) in [6.45, 7) is 2.41. The van der Waals surface area contributed by atoms with E-state index in [2.05, 4.69) is 5.16 Å². The summed E-state index contributed by atoms with van der Waals surface area (Å²) in [4.78, 5) is 14.9. The Bertz CT molecular complexity index is 198. The summed E-state index contributed by atoms with van der Waals surface area (Å²) in [5.74, 6) is 0. The highest BCUT2D eigenvalue weighted by molar-refractivity contribution is 6.33. The first kappa shape index (κ1) is 7.94. The van der Waals surface area contributed by atoms with Crippen molar-refractivity contribution in [2.75, 3.05) is 6.61 Å². The van der Waals surface area contributed by atoms with Gasteiger partial charge in [0, 0.05) is 6.61 Å². The van der Waals surface area contributed by atoms with Crippen molar-refractivity contribution in [3.05, 3.63) is 12.2 Å². The third-order valence-corrected chi connectivity index (χ3v) is 1.14. The number of carbonyl (C=O) groups is 1. The van der Waals surface area contributed by atoms with Gasteiger partial charge in [-0.3, -0.25) is 4.79 Å². The first-order chi connectivity index (χ1) is 5.36. The van der Waals surface area contributed by atoms with Crippen LogP contribution in [0.15, 0.2) is 17.3 Å². The van der Waals surface area contributed by atoms with Crippen LogP contribution >= 0.6 is 0 Å². The molecule has 0 aromatic rings. The molecule has 4 nitrogen and oxygen atoms in total. The van der Waals surface area contributed by atoms with Gasteiger partial charge in [0.05, 0.1) is 0 Å². The first-order valence-electron chi connectivity index (χ1n) is 3.35. The number of hydrogen-bond acceptors (Lipinski definition) is 4. The van der Waals surface area contributed by atoms with E-state index in [1.807, 2.05) is 6.92 Å². The second-order valence-corrected chi connectivity index (χ2v) is 1.92. The zero-order valence-corrected chi connectivity index (χ0v) is 6.19. The number of rotatable bonds is 3. The Labute approximate surface area is 64.5 Å². The molecular formula is C7H9NO3. The second-order valence-electron chi connectivity index (χ2n) is 1.92. The number of hydrogen-bond donors (Lipinski definition) is 0. The average molecular weight is 155 g/mol. The molecule has 1 atom stereocenters. The quantitative estimate of drug-likeness (QED) is 0.557. The molecule has 0 spiro atoms. The molecule has 1 aliphatic rings. The van der Waals surface area contributed by atoms with Gasteiger partial charge in [-0.2, -0.15) is 0 Å². The maximum absolute atomic E-state index is 10.1. The predicted octanol–water partition coefficient (Wildman–Crippen LogP) is 0.490. The van der Waals surface area contributed by atoms with Crippen molar-refractivity contribution in [3.8, 4) is 0 Å². The standard InChI is InChI=1S/C7H9NO3/c1-2-10-7-4-3-6(5-9)8-11-7/h3-5,7H,2H2,1H3/t7-/m0/s1. The minimum absolute atomic E-state index is 0.279. The highest BCUT2D eigenvalue weighted by Crippen LogP contribution is 2.03. The van der Waals surface area contributed by atoms with Gasteiger partial charge in [0.15, 0.2) is 6.29 Å². The van der Waals surface area contributed by atoms with Gasteiger partial charge in [-0.15, -0.1) is 0 Å². The summed E-state index contributed by atoms with van der Waals surface area (Å²) >= 11 is 0. The van der Waals surface area contributed by atoms with Crippen molar-refractivity contribution in [1.82, 2.24) is 0 Å². The van der Waals surface area contributed by atoms with Crippen LogP contribution in [0, 0.1) is 0 Å². The summed E-state index contributed by atoms with van der Waals surface area (Å²) in [5, 5.41) is 3.48. The minimum Gasteiger partial charge on any atom is -0.358 e. The minimum atomic E-state index is -0.441. The fraction of sp³-hybridized carbons (Fsp3) is 0.429. The Hall–Kier alpha value is -1.16. The molecule has 0 saturated heterocycles. The van der Waals surface area contributed by atoms with Crippen LogP contribution in [0.2, 0.25) is 0 Å². The van der Waals surface area contributed by atoms with E-state index >= 15 is 0 Å². The van der Waals surface area contributed by atoms with Crippen molar-refractivity contribution >= 4 is 12.0 Å². The highest BCUT2D eigenvalue weighted by Gasteiger charge is 2.09. The van der Waals surface area contributed by atoms with Gasteiger partial charge in [0.1, 0.15) is 5.71 Å². The molecule has 0 aromatic carbocycles. The van der Waals surface area contributed by atoms with E-state index in [9.17, 15) is 4.79 Å². The topological polar surface area (TPSA) is 47.9 Å². The SMILES string of the molecule is CCO[C@@H]1C=CC(C=O)=NO1. The molecule has 1 heterocycles. The van der Waals surface area contributed by atoms with Crippen molar-refractivity contribution in [2.45, 2.75) is 13.2 Å². The molecule has 60 valence electrons. The molecule has 0 N–H and O–H groups in total. The van der Waals surface area contributed by atoms with Crippen molar-refractivity contribution in [3.63, 3.8) is 0 Å².